The summed E-state index contributed by atoms with van der Waals surface area (Å²) >= 11 is 0. The Hall–Kier alpha value is -1.84. The maximum absolute atomic E-state index is 14.1. The van der Waals surface area contributed by atoms with Gasteiger partial charge >= 0.3 is 0 Å². The molecule has 1 fully saturated rings. The lowest BCUT2D eigenvalue weighted by atomic mass is 10.1. The van der Waals surface area contributed by atoms with E-state index in [1.54, 1.807) is 23.1 Å². The largest absolute Gasteiger partial charge is 0.440 e. The molecule has 1 saturated heterocycles. The molecule has 1 aromatic carbocycles. The van der Waals surface area contributed by atoms with Gasteiger partial charge in [0.25, 0.3) is 0 Å². The summed E-state index contributed by atoms with van der Waals surface area (Å²) in [5.74, 6) is 0.265. The van der Waals surface area contributed by atoms with Crippen molar-refractivity contribution in [2.75, 3.05) is 11.4 Å². The van der Waals surface area contributed by atoms with Crippen LogP contribution in [0.5, 0.6) is 0 Å². The van der Waals surface area contributed by atoms with Crippen LogP contribution in [0.1, 0.15) is 25.3 Å². The highest BCUT2D eigenvalue weighted by Crippen LogP contribution is 2.31. The van der Waals surface area contributed by atoms with Gasteiger partial charge in [-0.15, -0.1) is 0 Å². The van der Waals surface area contributed by atoms with Crippen molar-refractivity contribution in [1.29, 1.82) is 0 Å². The molecule has 1 aliphatic heterocycles. The molecule has 0 aliphatic carbocycles. The lowest BCUT2D eigenvalue weighted by Gasteiger charge is -2.10. The van der Waals surface area contributed by atoms with Crippen molar-refractivity contribution in [1.82, 2.24) is 0 Å². The fraction of sp³-hybridized carbons (Fsp3) is 0.357. The molecule has 4 heteroatoms. The highest BCUT2D eigenvalue weighted by molar-refractivity contribution is 5.96. The number of benzene rings is 1. The number of carbonyl (C=O) groups excluding carboxylic acids is 1. The number of halogens is 1. The standard InChI is InChI=1S/C14H14FNO2/c1-2-9-5-6-11-10(14(9)15)8-13(18-11)16-7-3-4-12(16)17/h5-6,8H,2-4,7H2,1H3. The molecule has 0 radical (unpaired) electrons. The fourth-order valence-electron chi connectivity index (χ4n) is 2.40. The molecule has 2 heterocycles. The van der Waals surface area contributed by atoms with E-state index in [-0.39, 0.29) is 11.7 Å². The van der Waals surface area contributed by atoms with Crippen LogP contribution in [-0.4, -0.2) is 12.5 Å². The molecule has 3 nitrogen and oxygen atoms in total. The van der Waals surface area contributed by atoms with Crippen LogP contribution in [0.15, 0.2) is 22.6 Å². The minimum atomic E-state index is -0.239. The summed E-state index contributed by atoms with van der Waals surface area (Å²) in [6, 6.07) is 5.13. The number of rotatable bonds is 2. The smallest absolute Gasteiger partial charge is 0.229 e. The highest BCUT2D eigenvalue weighted by Gasteiger charge is 2.25. The first-order chi connectivity index (χ1) is 8.70. The Labute approximate surface area is 104 Å². The van der Waals surface area contributed by atoms with Gasteiger partial charge in [0.2, 0.25) is 11.8 Å². The maximum Gasteiger partial charge on any atom is 0.229 e. The second-order valence-corrected chi connectivity index (χ2v) is 4.54. The molecule has 1 aliphatic rings. The van der Waals surface area contributed by atoms with Gasteiger partial charge < -0.3 is 4.42 Å². The SMILES string of the molecule is CCc1ccc2oc(N3CCCC3=O)cc2c1F. The summed E-state index contributed by atoms with van der Waals surface area (Å²) in [7, 11) is 0. The Balaban J connectivity index is 2.11. The summed E-state index contributed by atoms with van der Waals surface area (Å²) in [5.41, 5.74) is 1.17. The van der Waals surface area contributed by atoms with E-state index >= 15 is 0 Å². The maximum atomic E-state index is 14.1. The van der Waals surface area contributed by atoms with Crippen LogP contribution < -0.4 is 4.90 Å². The number of aryl methyl sites for hydroxylation is 1. The van der Waals surface area contributed by atoms with Gasteiger partial charge in [-0.1, -0.05) is 13.0 Å². The van der Waals surface area contributed by atoms with Crippen molar-refractivity contribution in [3.8, 4) is 0 Å². The number of furan rings is 1. The van der Waals surface area contributed by atoms with Crippen molar-refractivity contribution in [2.24, 2.45) is 0 Å². The van der Waals surface area contributed by atoms with E-state index < -0.39 is 0 Å². The lowest BCUT2D eigenvalue weighted by Crippen LogP contribution is -2.22. The van der Waals surface area contributed by atoms with Gasteiger partial charge in [-0.2, -0.15) is 0 Å². The summed E-state index contributed by atoms with van der Waals surface area (Å²) < 4.78 is 19.7. The molecule has 0 N–H and O–H groups in total. The Morgan fingerprint density at radius 3 is 2.94 bits per heavy atom. The summed E-state index contributed by atoms with van der Waals surface area (Å²) in [6.45, 7) is 2.57. The first kappa shape index (κ1) is 11.3. The van der Waals surface area contributed by atoms with Crippen molar-refractivity contribution in [3.63, 3.8) is 0 Å². The molecular formula is C14H14FNO2. The van der Waals surface area contributed by atoms with Crippen LogP contribution >= 0.6 is 0 Å². The van der Waals surface area contributed by atoms with E-state index in [0.29, 0.717) is 41.8 Å². The third-order valence-corrected chi connectivity index (χ3v) is 3.42. The normalized spacial score (nSPS) is 15.9. The molecular weight excluding hydrogens is 233 g/mol. The molecule has 1 amide bonds. The number of nitrogens with zero attached hydrogens (tertiary/aromatic N) is 1. The van der Waals surface area contributed by atoms with Crippen LogP contribution in [0.2, 0.25) is 0 Å². The molecule has 3 rings (SSSR count). The first-order valence-corrected chi connectivity index (χ1v) is 6.22. The van der Waals surface area contributed by atoms with E-state index in [2.05, 4.69) is 0 Å². The second kappa shape index (κ2) is 4.12. The molecule has 0 atom stereocenters. The van der Waals surface area contributed by atoms with Crippen molar-refractivity contribution in [2.45, 2.75) is 26.2 Å². The number of hydrogen-bond donors (Lipinski definition) is 0. The monoisotopic (exact) mass is 247 g/mol. The van der Waals surface area contributed by atoms with E-state index in [0.717, 1.165) is 6.42 Å². The Morgan fingerprint density at radius 2 is 2.28 bits per heavy atom. The average molecular weight is 247 g/mol. The van der Waals surface area contributed by atoms with Crippen molar-refractivity contribution < 1.29 is 13.6 Å². The van der Waals surface area contributed by atoms with Gasteiger partial charge in [-0.05, 0) is 24.5 Å². The molecule has 1 aromatic heterocycles. The van der Waals surface area contributed by atoms with Gasteiger partial charge in [-0.25, -0.2) is 4.39 Å². The summed E-state index contributed by atoms with van der Waals surface area (Å²) in [5, 5.41) is 0.462. The zero-order valence-electron chi connectivity index (χ0n) is 10.2. The van der Waals surface area contributed by atoms with Gasteiger partial charge in [0.15, 0.2) is 0 Å². The first-order valence-electron chi connectivity index (χ1n) is 6.22. The zero-order valence-corrected chi connectivity index (χ0v) is 10.2. The van der Waals surface area contributed by atoms with Crippen LogP contribution in [0, 0.1) is 5.82 Å². The predicted molar refractivity (Wildman–Crippen MR) is 67.1 cm³/mol. The molecule has 0 saturated carbocycles. The third kappa shape index (κ3) is 1.60. The van der Waals surface area contributed by atoms with Crippen LogP contribution in [0.25, 0.3) is 11.0 Å². The van der Waals surface area contributed by atoms with Gasteiger partial charge in [0.05, 0.1) is 5.39 Å². The lowest BCUT2D eigenvalue weighted by molar-refractivity contribution is -0.117. The molecule has 0 unspecified atom stereocenters. The minimum absolute atomic E-state index is 0.0465. The van der Waals surface area contributed by atoms with Crippen LogP contribution in [-0.2, 0) is 11.2 Å². The number of carbonyl (C=O) groups is 1. The molecule has 0 spiro atoms. The fourth-order valence-corrected chi connectivity index (χ4v) is 2.40. The van der Waals surface area contributed by atoms with E-state index in [1.165, 1.54) is 0 Å². The molecule has 2 aromatic rings. The third-order valence-electron chi connectivity index (χ3n) is 3.42. The molecule has 18 heavy (non-hydrogen) atoms. The summed E-state index contributed by atoms with van der Waals surface area (Å²) in [4.78, 5) is 13.2. The van der Waals surface area contributed by atoms with Crippen molar-refractivity contribution in [3.05, 3.63) is 29.6 Å². The number of fused-ring (bicyclic) bond motifs is 1. The molecule has 0 bridgehead atoms. The Kier molecular flexibility index (Phi) is 2.58. The van der Waals surface area contributed by atoms with Crippen molar-refractivity contribution >= 4 is 22.8 Å². The van der Waals surface area contributed by atoms with Gasteiger partial charge in [0.1, 0.15) is 11.4 Å². The Morgan fingerprint density at radius 1 is 1.44 bits per heavy atom. The number of hydrogen-bond acceptors (Lipinski definition) is 2. The van der Waals surface area contributed by atoms with E-state index in [1.807, 2.05) is 6.92 Å². The number of anilines is 1. The summed E-state index contributed by atoms with van der Waals surface area (Å²) in [6.07, 6.45) is 2.02. The van der Waals surface area contributed by atoms with E-state index in [9.17, 15) is 9.18 Å². The molecule has 94 valence electrons. The van der Waals surface area contributed by atoms with Crippen LogP contribution in [0.4, 0.5) is 10.3 Å². The second-order valence-electron chi connectivity index (χ2n) is 4.54. The van der Waals surface area contributed by atoms with Crippen LogP contribution in [0.3, 0.4) is 0 Å². The highest BCUT2D eigenvalue weighted by atomic mass is 19.1. The number of amides is 1. The minimum Gasteiger partial charge on any atom is -0.440 e. The van der Waals surface area contributed by atoms with Gasteiger partial charge in [0, 0.05) is 19.0 Å². The predicted octanol–water partition coefficient (Wildman–Crippen LogP) is 3.26. The van der Waals surface area contributed by atoms with Gasteiger partial charge in [-0.3, -0.25) is 9.69 Å². The topological polar surface area (TPSA) is 33.5 Å². The Bertz CT molecular complexity index is 618. The zero-order chi connectivity index (χ0) is 12.7. The quantitative estimate of drug-likeness (QED) is 0.816. The van der Waals surface area contributed by atoms with E-state index in [4.69, 9.17) is 4.42 Å². The average Bonchev–Trinajstić information content (AvgIpc) is 2.95.